The van der Waals surface area contributed by atoms with Gasteiger partial charge in [0.15, 0.2) is 0 Å². The number of halogens is 2. The molecule has 94 valence electrons. The van der Waals surface area contributed by atoms with E-state index in [9.17, 15) is 13.6 Å². The third kappa shape index (κ3) is 3.39. The summed E-state index contributed by atoms with van der Waals surface area (Å²) in [4.78, 5) is 11.6. The first kappa shape index (κ1) is 13.4. The first-order valence-corrected chi connectivity index (χ1v) is 5.03. The monoisotopic (exact) mass is 244 g/mol. The number of aliphatic hydroxyl groups is 1. The molecule has 0 saturated heterocycles. The Kier molecular flexibility index (Phi) is 4.39. The predicted molar refractivity (Wildman–Crippen MR) is 59.9 cm³/mol. The number of anilines is 1. The molecule has 0 heterocycles. The predicted octanol–water partition coefficient (Wildman–Crippen LogP) is 0.933. The van der Waals surface area contributed by atoms with E-state index in [0.717, 1.165) is 5.56 Å². The molecule has 0 saturated carbocycles. The number of nitrogens with one attached hydrogen (secondary N) is 1. The minimum Gasteiger partial charge on any atom is -0.398 e. The van der Waals surface area contributed by atoms with Crippen molar-refractivity contribution in [2.45, 2.75) is 19.5 Å². The van der Waals surface area contributed by atoms with Crippen molar-refractivity contribution in [1.82, 2.24) is 5.32 Å². The van der Waals surface area contributed by atoms with Crippen LogP contribution >= 0.6 is 0 Å². The minimum atomic E-state index is -2.88. The molecule has 1 atom stereocenters. The Morgan fingerprint density at radius 1 is 1.53 bits per heavy atom. The van der Waals surface area contributed by atoms with Gasteiger partial charge in [0, 0.05) is 12.2 Å². The SMILES string of the molecule is Cc1cccc(C(=O)NCC(O)C(F)F)c1N. The highest BCUT2D eigenvalue weighted by Crippen LogP contribution is 2.16. The van der Waals surface area contributed by atoms with E-state index in [-0.39, 0.29) is 5.56 Å². The summed E-state index contributed by atoms with van der Waals surface area (Å²) in [6.45, 7) is 1.23. The van der Waals surface area contributed by atoms with Crippen LogP contribution in [0.5, 0.6) is 0 Å². The molecule has 0 aliphatic heterocycles. The Hall–Kier alpha value is -1.69. The first-order valence-electron chi connectivity index (χ1n) is 5.03. The largest absolute Gasteiger partial charge is 0.398 e. The summed E-state index contributed by atoms with van der Waals surface area (Å²) in [6.07, 6.45) is -4.75. The van der Waals surface area contributed by atoms with Gasteiger partial charge in [-0.25, -0.2) is 8.78 Å². The van der Waals surface area contributed by atoms with Gasteiger partial charge in [-0.05, 0) is 18.6 Å². The lowest BCUT2D eigenvalue weighted by molar-refractivity contribution is -0.00269. The van der Waals surface area contributed by atoms with Gasteiger partial charge in [-0.15, -0.1) is 0 Å². The van der Waals surface area contributed by atoms with Gasteiger partial charge in [-0.1, -0.05) is 12.1 Å². The average molecular weight is 244 g/mol. The van der Waals surface area contributed by atoms with Crippen molar-refractivity contribution >= 4 is 11.6 Å². The van der Waals surface area contributed by atoms with Gasteiger partial charge in [0.05, 0.1) is 5.56 Å². The van der Waals surface area contributed by atoms with E-state index in [1.54, 1.807) is 19.1 Å². The molecule has 17 heavy (non-hydrogen) atoms. The number of para-hydroxylation sites is 1. The Labute approximate surface area is 97.4 Å². The molecule has 0 radical (unpaired) electrons. The van der Waals surface area contributed by atoms with Crippen LogP contribution in [-0.4, -0.2) is 30.1 Å². The van der Waals surface area contributed by atoms with Gasteiger partial charge in [0.2, 0.25) is 0 Å². The van der Waals surface area contributed by atoms with Crippen LogP contribution in [0.4, 0.5) is 14.5 Å². The van der Waals surface area contributed by atoms with Crippen LogP contribution in [-0.2, 0) is 0 Å². The fourth-order valence-electron chi connectivity index (χ4n) is 1.26. The smallest absolute Gasteiger partial charge is 0.265 e. The molecule has 4 N–H and O–H groups in total. The van der Waals surface area contributed by atoms with E-state index in [1.165, 1.54) is 6.07 Å². The van der Waals surface area contributed by atoms with Crippen molar-refractivity contribution in [2.24, 2.45) is 0 Å². The number of aliphatic hydroxyl groups excluding tert-OH is 1. The molecule has 0 fully saturated rings. The standard InChI is InChI=1S/C11H14F2N2O2/c1-6-3-2-4-7(9(6)14)11(17)15-5-8(16)10(12)13/h2-4,8,10,16H,5,14H2,1H3,(H,15,17). The number of benzene rings is 1. The highest BCUT2D eigenvalue weighted by Gasteiger charge is 2.18. The average Bonchev–Trinajstić information content (AvgIpc) is 2.29. The van der Waals surface area contributed by atoms with Crippen molar-refractivity contribution in [3.63, 3.8) is 0 Å². The van der Waals surface area contributed by atoms with E-state index in [0.29, 0.717) is 5.69 Å². The number of aryl methyl sites for hydroxylation is 1. The molecule has 1 aromatic rings. The molecule has 0 aliphatic carbocycles. The molecule has 4 nitrogen and oxygen atoms in total. The van der Waals surface area contributed by atoms with Crippen molar-refractivity contribution < 1.29 is 18.7 Å². The van der Waals surface area contributed by atoms with E-state index < -0.39 is 25.0 Å². The summed E-state index contributed by atoms with van der Waals surface area (Å²) in [5.41, 5.74) is 6.92. The maximum atomic E-state index is 12.0. The lowest BCUT2D eigenvalue weighted by atomic mass is 10.1. The summed E-state index contributed by atoms with van der Waals surface area (Å²) in [7, 11) is 0. The van der Waals surface area contributed by atoms with Gasteiger partial charge in [0.25, 0.3) is 12.3 Å². The Morgan fingerprint density at radius 3 is 2.76 bits per heavy atom. The van der Waals surface area contributed by atoms with Gasteiger partial charge in [0.1, 0.15) is 6.10 Å². The van der Waals surface area contributed by atoms with Gasteiger partial charge in [-0.3, -0.25) is 4.79 Å². The molecule has 6 heteroatoms. The third-order valence-corrected chi connectivity index (χ3v) is 2.33. The quantitative estimate of drug-likeness (QED) is 0.690. The number of carbonyl (C=O) groups excluding carboxylic acids is 1. The zero-order valence-corrected chi connectivity index (χ0v) is 9.28. The van der Waals surface area contributed by atoms with Gasteiger partial charge < -0.3 is 16.2 Å². The summed E-state index contributed by atoms with van der Waals surface area (Å²) < 4.78 is 24.0. The van der Waals surface area contributed by atoms with Gasteiger partial charge in [-0.2, -0.15) is 0 Å². The van der Waals surface area contributed by atoms with Gasteiger partial charge >= 0.3 is 0 Å². The minimum absolute atomic E-state index is 0.214. The second kappa shape index (κ2) is 5.58. The maximum Gasteiger partial charge on any atom is 0.265 e. The zero-order chi connectivity index (χ0) is 13.0. The normalized spacial score (nSPS) is 12.5. The third-order valence-electron chi connectivity index (χ3n) is 2.33. The Bertz CT molecular complexity index is 410. The molecule has 1 unspecified atom stereocenters. The summed E-state index contributed by atoms with van der Waals surface area (Å²) in [5.74, 6) is -0.578. The van der Waals surface area contributed by atoms with E-state index in [4.69, 9.17) is 10.8 Å². The van der Waals surface area contributed by atoms with Crippen molar-refractivity contribution in [3.05, 3.63) is 29.3 Å². The number of alkyl halides is 2. The first-order chi connectivity index (χ1) is 7.93. The molecule has 0 aromatic heterocycles. The maximum absolute atomic E-state index is 12.0. The van der Waals surface area contributed by atoms with Crippen LogP contribution in [0, 0.1) is 6.92 Å². The number of hydrogen-bond donors (Lipinski definition) is 3. The van der Waals surface area contributed by atoms with Crippen LogP contribution in [0.15, 0.2) is 18.2 Å². The summed E-state index contributed by atoms with van der Waals surface area (Å²) in [5, 5.41) is 11.0. The fourth-order valence-corrected chi connectivity index (χ4v) is 1.26. The van der Waals surface area contributed by atoms with Crippen molar-refractivity contribution in [3.8, 4) is 0 Å². The molecule has 1 rings (SSSR count). The van der Waals surface area contributed by atoms with E-state index in [2.05, 4.69) is 5.32 Å². The highest BCUT2D eigenvalue weighted by molar-refractivity contribution is 5.99. The van der Waals surface area contributed by atoms with Crippen LogP contribution in [0.1, 0.15) is 15.9 Å². The lowest BCUT2D eigenvalue weighted by Gasteiger charge is -2.12. The van der Waals surface area contributed by atoms with Crippen LogP contribution in [0.25, 0.3) is 0 Å². The molecule has 0 aliphatic rings. The lowest BCUT2D eigenvalue weighted by Crippen LogP contribution is -2.36. The molecule has 0 spiro atoms. The Morgan fingerprint density at radius 2 is 2.18 bits per heavy atom. The van der Waals surface area contributed by atoms with Crippen molar-refractivity contribution in [2.75, 3.05) is 12.3 Å². The molecular weight excluding hydrogens is 230 g/mol. The number of nitrogen functional groups attached to an aromatic ring is 1. The Balaban J connectivity index is 2.68. The topological polar surface area (TPSA) is 75.3 Å². The number of carbonyl (C=O) groups is 1. The fraction of sp³-hybridized carbons (Fsp3) is 0.364. The highest BCUT2D eigenvalue weighted by atomic mass is 19.3. The van der Waals surface area contributed by atoms with E-state index in [1.807, 2.05) is 0 Å². The second-order valence-corrected chi connectivity index (χ2v) is 3.65. The zero-order valence-electron chi connectivity index (χ0n) is 9.28. The molecule has 1 aromatic carbocycles. The molecular formula is C11H14F2N2O2. The van der Waals surface area contributed by atoms with E-state index >= 15 is 0 Å². The number of amides is 1. The number of hydrogen-bond acceptors (Lipinski definition) is 3. The number of rotatable bonds is 4. The second-order valence-electron chi connectivity index (χ2n) is 3.65. The molecule has 0 bridgehead atoms. The summed E-state index contributed by atoms with van der Waals surface area (Å²) in [6, 6.07) is 4.87. The van der Waals surface area contributed by atoms with Crippen LogP contribution in [0.2, 0.25) is 0 Å². The van der Waals surface area contributed by atoms with Crippen LogP contribution < -0.4 is 11.1 Å². The van der Waals surface area contributed by atoms with Crippen LogP contribution in [0.3, 0.4) is 0 Å². The summed E-state index contributed by atoms with van der Waals surface area (Å²) >= 11 is 0. The number of nitrogens with two attached hydrogens (primary N) is 1. The molecule has 1 amide bonds. The van der Waals surface area contributed by atoms with Crippen molar-refractivity contribution in [1.29, 1.82) is 0 Å².